The van der Waals surface area contributed by atoms with Crippen LogP contribution in [0.25, 0.3) is 0 Å². The van der Waals surface area contributed by atoms with E-state index in [1.54, 1.807) is 13.0 Å². The molecule has 0 bridgehead atoms. The van der Waals surface area contributed by atoms with E-state index < -0.39 is 0 Å². The van der Waals surface area contributed by atoms with E-state index >= 15 is 0 Å². The predicted octanol–water partition coefficient (Wildman–Crippen LogP) is 2.42. The van der Waals surface area contributed by atoms with Crippen molar-refractivity contribution in [2.75, 3.05) is 0 Å². The molecule has 0 unspecified atom stereocenters. The zero-order chi connectivity index (χ0) is 7.56. The Labute approximate surface area is 67.4 Å². The first-order valence-corrected chi connectivity index (χ1v) is 4.03. The SMILES string of the molecule is Cc1cc(CBr)ncc1F. The molecule has 1 aromatic heterocycles. The molecule has 54 valence electrons. The molecule has 3 heteroatoms. The summed E-state index contributed by atoms with van der Waals surface area (Å²) in [6, 6.07) is 1.73. The Morgan fingerprint density at radius 3 is 2.90 bits per heavy atom. The molecule has 0 amide bonds. The number of pyridine rings is 1. The van der Waals surface area contributed by atoms with Crippen molar-refractivity contribution in [3.05, 3.63) is 29.3 Å². The first kappa shape index (κ1) is 7.66. The summed E-state index contributed by atoms with van der Waals surface area (Å²) in [4.78, 5) is 3.84. The number of nitrogens with zero attached hydrogens (tertiary/aromatic N) is 1. The Balaban J connectivity index is 3.04. The van der Waals surface area contributed by atoms with Gasteiger partial charge in [0.25, 0.3) is 0 Å². The highest BCUT2D eigenvalue weighted by atomic mass is 79.9. The van der Waals surface area contributed by atoms with Gasteiger partial charge in [0.15, 0.2) is 0 Å². The van der Waals surface area contributed by atoms with Crippen molar-refractivity contribution in [1.29, 1.82) is 0 Å². The number of rotatable bonds is 1. The summed E-state index contributed by atoms with van der Waals surface area (Å²) in [5.74, 6) is -0.246. The number of aromatic nitrogens is 1. The molecule has 1 rings (SSSR count). The van der Waals surface area contributed by atoms with Crippen LogP contribution in [0.3, 0.4) is 0 Å². The summed E-state index contributed by atoms with van der Waals surface area (Å²) >= 11 is 3.23. The largest absolute Gasteiger partial charge is 0.257 e. The van der Waals surface area contributed by atoms with Gasteiger partial charge in [-0.05, 0) is 18.6 Å². The van der Waals surface area contributed by atoms with Gasteiger partial charge in [-0.1, -0.05) is 15.9 Å². The molecular weight excluding hydrogens is 197 g/mol. The van der Waals surface area contributed by atoms with E-state index in [1.807, 2.05) is 0 Å². The minimum Gasteiger partial charge on any atom is -0.257 e. The highest BCUT2D eigenvalue weighted by molar-refractivity contribution is 9.08. The van der Waals surface area contributed by atoms with E-state index in [9.17, 15) is 4.39 Å². The fourth-order valence-electron chi connectivity index (χ4n) is 0.671. The average Bonchev–Trinajstić information content (AvgIpc) is 1.95. The molecule has 0 fully saturated rings. The van der Waals surface area contributed by atoms with Gasteiger partial charge >= 0.3 is 0 Å². The van der Waals surface area contributed by atoms with Crippen LogP contribution in [0.2, 0.25) is 0 Å². The molecule has 1 heterocycles. The third-order valence-corrected chi connectivity index (χ3v) is 1.81. The summed E-state index contributed by atoms with van der Waals surface area (Å²) in [5.41, 5.74) is 1.50. The van der Waals surface area contributed by atoms with Crippen molar-refractivity contribution < 1.29 is 4.39 Å². The molecule has 0 saturated carbocycles. The Bertz CT molecular complexity index is 237. The van der Waals surface area contributed by atoms with Gasteiger partial charge in [0.1, 0.15) is 5.82 Å². The lowest BCUT2D eigenvalue weighted by molar-refractivity contribution is 0.610. The van der Waals surface area contributed by atoms with Crippen LogP contribution in [0, 0.1) is 12.7 Å². The van der Waals surface area contributed by atoms with Crippen LogP contribution in [-0.4, -0.2) is 4.98 Å². The van der Waals surface area contributed by atoms with Gasteiger partial charge in [0, 0.05) is 5.33 Å². The maximum absolute atomic E-state index is 12.6. The molecule has 0 aliphatic heterocycles. The predicted molar refractivity (Wildman–Crippen MR) is 41.6 cm³/mol. The van der Waals surface area contributed by atoms with Crippen LogP contribution in [0.5, 0.6) is 0 Å². The molecular formula is C7H7BrFN. The van der Waals surface area contributed by atoms with E-state index in [0.717, 1.165) is 5.69 Å². The van der Waals surface area contributed by atoms with Crippen LogP contribution in [0.15, 0.2) is 12.3 Å². The summed E-state index contributed by atoms with van der Waals surface area (Å²) in [6.45, 7) is 1.73. The number of hydrogen-bond donors (Lipinski definition) is 0. The van der Waals surface area contributed by atoms with E-state index in [0.29, 0.717) is 10.9 Å². The maximum atomic E-state index is 12.6. The van der Waals surface area contributed by atoms with Gasteiger partial charge < -0.3 is 0 Å². The summed E-state index contributed by atoms with van der Waals surface area (Å²) in [6.07, 6.45) is 1.24. The Hall–Kier alpha value is -0.440. The molecule has 1 nitrogen and oxygen atoms in total. The Morgan fingerprint density at radius 1 is 1.70 bits per heavy atom. The fourth-order valence-corrected chi connectivity index (χ4v) is 0.977. The zero-order valence-electron chi connectivity index (χ0n) is 5.56. The van der Waals surface area contributed by atoms with Gasteiger partial charge in [0.05, 0.1) is 11.9 Å². The Kier molecular flexibility index (Phi) is 2.38. The second kappa shape index (κ2) is 3.10. The topological polar surface area (TPSA) is 12.9 Å². The smallest absolute Gasteiger partial charge is 0.144 e. The quantitative estimate of drug-likeness (QED) is 0.640. The highest BCUT2D eigenvalue weighted by Crippen LogP contribution is 2.07. The normalized spacial score (nSPS) is 9.90. The first-order valence-electron chi connectivity index (χ1n) is 2.91. The van der Waals surface area contributed by atoms with Crippen molar-refractivity contribution >= 4 is 15.9 Å². The Morgan fingerprint density at radius 2 is 2.40 bits per heavy atom. The molecule has 0 radical (unpaired) electrons. The average molecular weight is 204 g/mol. The standard InChI is InChI=1S/C7H7BrFN/c1-5-2-6(3-8)10-4-7(5)9/h2,4H,3H2,1H3. The second-order valence-electron chi connectivity index (χ2n) is 2.06. The van der Waals surface area contributed by atoms with Gasteiger partial charge in [0.2, 0.25) is 0 Å². The van der Waals surface area contributed by atoms with Crippen LogP contribution in [-0.2, 0) is 5.33 Å². The lowest BCUT2D eigenvalue weighted by Gasteiger charge is -1.96. The molecule has 0 atom stereocenters. The molecule has 0 N–H and O–H groups in total. The molecule has 0 aliphatic carbocycles. The van der Waals surface area contributed by atoms with Crippen LogP contribution in [0.4, 0.5) is 4.39 Å². The monoisotopic (exact) mass is 203 g/mol. The molecule has 0 aliphatic rings. The van der Waals surface area contributed by atoms with Crippen molar-refractivity contribution in [3.8, 4) is 0 Å². The van der Waals surface area contributed by atoms with E-state index in [-0.39, 0.29) is 5.82 Å². The minimum atomic E-state index is -0.246. The lowest BCUT2D eigenvalue weighted by Crippen LogP contribution is -1.89. The molecule has 0 saturated heterocycles. The molecule has 0 aromatic carbocycles. The molecule has 1 aromatic rings. The highest BCUT2D eigenvalue weighted by Gasteiger charge is 1.97. The van der Waals surface area contributed by atoms with Crippen molar-refractivity contribution in [1.82, 2.24) is 4.98 Å². The van der Waals surface area contributed by atoms with Gasteiger partial charge in [-0.25, -0.2) is 4.39 Å². The van der Waals surface area contributed by atoms with Crippen molar-refractivity contribution in [2.24, 2.45) is 0 Å². The maximum Gasteiger partial charge on any atom is 0.144 e. The van der Waals surface area contributed by atoms with Crippen molar-refractivity contribution in [3.63, 3.8) is 0 Å². The van der Waals surface area contributed by atoms with Crippen LogP contribution < -0.4 is 0 Å². The number of halogens is 2. The van der Waals surface area contributed by atoms with E-state index in [1.165, 1.54) is 6.20 Å². The van der Waals surface area contributed by atoms with Gasteiger partial charge in [-0.2, -0.15) is 0 Å². The first-order chi connectivity index (χ1) is 4.74. The lowest BCUT2D eigenvalue weighted by atomic mass is 10.2. The molecule has 0 spiro atoms. The summed E-state index contributed by atoms with van der Waals surface area (Å²) in [7, 11) is 0. The molecule has 10 heavy (non-hydrogen) atoms. The van der Waals surface area contributed by atoms with Gasteiger partial charge in [-0.3, -0.25) is 4.98 Å². The number of alkyl halides is 1. The third kappa shape index (κ3) is 1.53. The van der Waals surface area contributed by atoms with E-state index in [4.69, 9.17) is 0 Å². The summed E-state index contributed by atoms with van der Waals surface area (Å²) < 4.78 is 12.6. The zero-order valence-corrected chi connectivity index (χ0v) is 7.15. The fraction of sp³-hybridized carbons (Fsp3) is 0.286. The summed E-state index contributed by atoms with van der Waals surface area (Å²) in [5, 5.41) is 0.675. The minimum absolute atomic E-state index is 0.246. The third-order valence-electron chi connectivity index (χ3n) is 1.24. The van der Waals surface area contributed by atoms with E-state index in [2.05, 4.69) is 20.9 Å². The van der Waals surface area contributed by atoms with Crippen molar-refractivity contribution in [2.45, 2.75) is 12.3 Å². The number of aryl methyl sites for hydroxylation is 1. The van der Waals surface area contributed by atoms with Crippen LogP contribution >= 0.6 is 15.9 Å². The van der Waals surface area contributed by atoms with Crippen LogP contribution in [0.1, 0.15) is 11.3 Å². The second-order valence-corrected chi connectivity index (χ2v) is 2.62. The van der Waals surface area contributed by atoms with Gasteiger partial charge in [-0.15, -0.1) is 0 Å². The number of hydrogen-bond acceptors (Lipinski definition) is 1.